The average Bonchev–Trinajstić information content (AvgIpc) is 2.94. The normalized spacial score (nSPS) is 17.9. The molecule has 0 radical (unpaired) electrons. The van der Waals surface area contributed by atoms with Gasteiger partial charge >= 0.3 is 0 Å². The van der Waals surface area contributed by atoms with E-state index in [1.54, 1.807) is 42.2 Å². The van der Waals surface area contributed by atoms with Gasteiger partial charge in [0.25, 0.3) is 0 Å². The van der Waals surface area contributed by atoms with E-state index in [4.69, 9.17) is 5.73 Å². The lowest BCUT2D eigenvalue weighted by Crippen LogP contribution is -2.51. The fourth-order valence-corrected chi connectivity index (χ4v) is 5.97. The number of aliphatic hydroxyl groups is 1. The maximum atomic E-state index is 14.2. The molecule has 0 aliphatic heterocycles. The standard InChI is InChI=1S/C34H43F2N3O4/c1-5-10-39(11-6-2)32(42)27-12-22(3)18-34(19-27,33(37)43)30(16-25-14-28(35)17-29(36)15-25)31(41)21-38-20-24-8-7-9-26(13-24)23(4)40/h7-9,12-15,17-18,30-31,38,41H,5-6,10-11,16,19-21H2,1-4H3,(H2,37,43)/t30-,31+,34?/m1/s1. The SMILES string of the molecule is CCCN(CCC)C(=O)C1=CC(C)=CC(C(N)=O)([C@H](Cc2cc(F)cc(F)c2)[C@@H](O)CNCc2cccc(C(C)=O)c2)C1. The number of ketones is 1. The van der Waals surface area contributed by atoms with E-state index in [9.17, 15) is 28.3 Å². The van der Waals surface area contributed by atoms with Gasteiger partial charge in [-0.15, -0.1) is 0 Å². The van der Waals surface area contributed by atoms with Crippen molar-refractivity contribution in [3.05, 3.63) is 94.1 Å². The minimum atomic E-state index is -1.51. The third kappa shape index (κ3) is 8.67. The van der Waals surface area contributed by atoms with Gasteiger partial charge in [-0.1, -0.05) is 49.8 Å². The predicted octanol–water partition coefficient (Wildman–Crippen LogP) is 4.87. The number of benzene rings is 2. The van der Waals surface area contributed by atoms with E-state index in [0.29, 0.717) is 36.3 Å². The summed E-state index contributed by atoms with van der Waals surface area (Å²) in [6, 6.07) is 10.2. The zero-order chi connectivity index (χ0) is 31.7. The van der Waals surface area contributed by atoms with E-state index in [-0.39, 0.29) is 36.6 Å². The van der Waals surface area contributed by atoms with Crippen molar-refractivity contribution in [1.29, 1.82) is 0 Å². The molecule has 9 heteroatoms. The number of allylic oxidation sites excluding steroid dienone is 2. The molecule has 43 heavy (non-hydrogen) atoms. The first-order chi connectivity index (χ1) is 20.4. The van der Waals surface area contributed by atoms with Crippen molar-refractivity contribution >= 4 is 17.6 Å². The number of primary amides is 1. The summed E-state index contributed by atoms with van der Waals surface area (Å²) in [6.07, 6.45) is 3.63. The molecule has 0 fully saturated rings. The van der Waals surface area contributed by atoms with Gasteiger partial charge in [0.1, 0.15) is 11.6 Å². The molecule has 0 aromatic heterocycles. The van der Waals surface area contributed by atoms with Gasteiger partial charge in [0, 0.05) is 49.3 Å². The number of rotatable bonds is 15. The van der Waals surface area contributed by atoms with Gasteiger partial charge in [-0.2, -0.15) is 0 Å². The maximum absolute atomic E-state index is 14.2. The Labute approximate surface area is 252 Å². The molecule has 3 rings (SSSR count). The van der Waals surface area contributed by atoms with Crippen LogP contribution in [0.1, 0.15) is 68.4 Å². The van der Waals surface area contributed by atoms with Gasteiger partial charge in [0.15, 0.2) is 5.78 Å². The molecule has 2 amide bonds. The Morgan fingerprint density at radius 3 is 2.28 bits per heavy atom. The third-order valence-electron chi connectivity index (χ3n) is 7.90. The van der Waals surface area contributed by atoms with Gasteiger partial charge in [-0.05, 0) is 68.9 Å². The van der Waals surface area contributed by atoms with Crippen molar-refractivity contribution in [2.75, 3.05) is 19.6 Å². The van der Waals surface area contributed by atoms with Crippen LogP contribution in [0.2, 0.25) is 0 Å². The maximum Gasteiger partial charge on any atom is 0.249 e. The smallest absolute Gasteiger partial charge is 0.249 e. The van der Waals surface area contributed by atoms with Gasteiger partial charge < -0.3 is 21.1 Å². The summed E-state index contributed by atoms with van der Waals surface area (Å²) in [4.78, 5) is 40.6. The first kappa shape index (κ1) is 33.8. The second kappa shape index (κ2) is 15.2. The summed E-state index contributed by atoms with van der Waals surface area (Å²) in [6.45, 7) is 8.66. The van der Waals surface area contributed by atoms with E-state index in [1.165, 1.54) is 19.1 Å². The molecular formula is C34H43F2N3O4. The molecule has 0 spiro atoms. The second-order valence-corrected chi connectivity index (χ2v) is 11.5. The highest BCUT2D eigenvalue weighted by atomic mass is 19.1. The Kier molecular flexibility index (Phi) is 11.9. The molecule has 1 aliphatic rings. The van der Waals surface area contributed by atoms with E-state index in [0.717, 1.165) is 24.5 Å². The zero-order valence-electron chi connectivity index (χ0n) is 25.5. The molecule has 0 heterocycles. The van der Waals surface area contributed by atoms with Crippen LogP contribution in [0.5, 0.6) is 0 Å². The number of Topliss-reactive ketones (excluding diaryl/α,β-unsaturated/α-hetero) is 1. The Bertz CT molecular complexity index is 1360. The number of amides is 2. The molecular weight excluding hydrogens is 552 g/mol. The Morgan fingerprint density at radius 1 is 1.05 bits per heavy atom. The van der Waals surface area contributed by atoms with Crippen LogP contribution in [0.25, 0.3) is 0 Å². The van der Waals surface area contributed by atoms with Crippen LogP contribution in [0.4, 0.5) is 8.78 Å². The summed E-state index contributed by atoms with van der Waals surface area (Å²) < 4.78 is 28.4. The Balaban J connectivity index is 1.98. The first-order valence-corrected chi connectivity index (χ1v) is 14.8. The van der Waals surface area contributed by atoms with Gasteiger partial charge in [-0.25, -0.2) is 8.78 Å². The molecule has 0 saturated heterocycles. The molecule has 2 aromatic rings. The van der Waals surface area contributed by atoms with Crippen molar-refractivity contribution in [1.82, 2.24) is 10.2 Å². The second-order valence-electron chi connectivity index (χ2n) is 11.5. The monoisotopic (exact) mass is 595 g/mol. The largest absolute Gasteiger partial charge is 0.391 e. The zero-order valence-corrected chi connectivity index (χ0v) is 25.5. The minimum Gasteiger partial charge on any atom is -0.391 e. The number of carbonyl (C=O) groups excluding carboxylic acids is 3. The first-order valence-electron chi connectivity index (χ1n) is 14.8. The number of aliphatic hydroxyl groups excluding tert-OH is 1. The number of nitrogens with zero attached hydrogens (tertiary/aromatic N) is 1. The van der Waals surface area contributed by atoms with E-state index in [1.807, 2.05) is 19.9 Å². The Morgan fingerprint density at radius 2 is 1.70 bits per heavy atom. The third-order valence-corrected chi connectivity index (χ3v) is 7.90. The van der Waals surface area contributed by atoms with Crippen molar-refractivity contribution in [3.8, 4) is 0 Å². The quantitative estimate of drug-likeness (QED) is 0.254. The van der Waals surface area contributed by atoms with Crippen LogP contribution in [-0.4, -0.2) is 53.3 Å². The number of nitrogens with two attached hydrogens (primary N) is 1. The number of halogens is 2. The van der Waals surface area contributed by atoms with Crippen LogP contribution in [-0.2, 0) is 22.6 Å². The van der Waals surface area contributed by atoms with Crippen molar-refractivity contribution in [3.63, 3.8) is 0 Å². The van der Waals surface area contributed by atoms with E-state index in [2.05, 4.69) is 5.32 Å². The van der Waals surface area contributed by atoms with Gasteiger partial charge in [-0.3, -0.25) is 14.4 Å². The summed E-state index contributed by atoms with van der Waals surface area (Å²) in [7, 11) is 0. The van der Waals surface area contributed by atoms with Gasteiger partial charge in [0.05, 0.1) is 11.5 Å². The summed E-state index contributed by atoms with van der Waals surface area (Å²) in [5.41, 5.74) is 7.26. The number of hydrogen-bond acceptors (Lipinski definition) is 5. The Hall–Kier alpha value is -3.69. The lowest BCUT2D eigenvalue weighted by atomic mass is 9.63. The van der Waals surface area contributed by atoms with Crippen LogP contribution in [0.3, 0.4) is 0 Å². The summed E-state index contributed by atoms with van der Waals surface area (Å²) in [5.74, 6) is -3.49. The predicted molar refractivity (Wildman–Crippen MR) is 163 cm³/mol. The molecule has 0 bridgehead atoms. The van der Waals surface area contributed by atoms with Gasteiger partial charge in [0.2, 0.25) is 11.8 Å². The van der Waals surface area contributed by atoms with E-state index >= 15 is 0 Å². The minimum absolute atomic E-state index is 0.0134. The van der Waals surface area contributed by atoms with Crippen molar-refractivity contribution in [2.24, 2.45) is 17.1 Å². The lowest BCUT2D eigenvalue weighted by molar-refractivity contribution is -0.132. The average molecular weight is 596 g/mol. The number of hydrogen-bond donors (Lipinski definition) is 3. The number of carbonyl (C=O) groups is 3. The van der Waals surface area contributed by atoms with Crippen molar-refractivity contribution in [2.45, 2.75) is 66.0 Å². The number of nitrogens with one attached hydrogen (secondary N) is 1. The summed E-state index contributed by atoms with van der Waals surface area (Å²) >= 11 is 0. The molecule has 0 saturated carbocycles. The molecule has 2 aromatic carbocycles. The lowest BCUT2D eigenvalue weighted by Gasteiger charge is -2.42. The fraction of sp³-hybridized carbons (Fsp3) is 0.441. The van der Waals surface area contributed by atoms with Crippen molar-refractivity contribution < 1.29 is 28.3 Å². The van der Waals surface area contributed by atoms with Crippen LogP contribution >= 0.6 is 0 Å². The fourth-order valence-electron chi connectivity index (χ4n) is 5.97. The highest BCUT2D eigenvalue weighted by Gasteiger charge is 2.48. The highest BCUT2D eigenvalue weighted by molar-refractivity contribution is 5.97. The molecule has 232 valence electrons. The molecule has 3 atom stereocenters. The van der Waals surface area contributed by atoms with Crippen LogP contribution in [0.15, 0.2) is 65.8 Å². The van der Waals surface area contributed by atoms with E-state index < -0.39 is 35.0 Å². The molecule has 1 unspecified atom stereocenters. The highest BCUT2D eigenvalue weighted by Crippen LogP contribution is 2.44. The topological polar surface area (TPSA) is 113 Å². The van der Waals surface area contributed by atoms with Crippen LogP contribution in [0, 0.1) is 23.0 Å². The molecule has 7 nitrogen and oxygen atoms in total. The summed E-state index contributed by atoms with van der Waals surface area (Å²) in [5, 5.41) is 14.8. The van der Waals surface area contributed by atoms with Crippen LogP contribution < -0.4 is 11.1 Å². The molecule has 4 N–H and O–H groups in total. The molecule has 1 aliphatic carbocycles.